The lowest BCUT2D eigenvalue weighted by molar-refractivity contribution is 0.449. The van der Waals surface area contributed by atoms with Gasteiger partial charge in [0.05, 0.1) is 20.6 Å². The largest absolute Gasteiger partial charge is 0.492 e. The highest BCUT2D eigenvalue weighted by atomic mass is 35.5. The van der Waals surface area contributed by atoms with E-state index in [1.165, 1.54) is 11.3 Å². The molecule has 18 heavy (non-hydrogen) atoms. The summed E-state index contributed by atoms with van der Waals surface area (Å²) < 4.78 is 0. The number of aromatic nitrogens is 1. The van der Waals surface area contributed by atoms with E-state index in [1.54, 1.807) is 18.2 Å². The van der Waals surface area contributed by atoms with Crippen molar-refractivity contribution in [3.8, 4) is 5.88 Å². The lowest BCUT2D eigenvalue weighted by Gasteiger charge is -2.06. The van der Waals surface area contributed by atoms with Crippen LogP contribution in [0.4, 0.5) is 10.8 Å². The summed E-state index contributed by atoms with van der Waals surface area (Å²) in [5.74, 6) is 0.278. The van der Waals surface area contributed by atoms with Crippen molar-refractivity contribution < 1.29 is 5.11 Å². The number of aromatic hydroxyl groups is 1. The Labute approximate surface area is 119 Å². The topological polar surface area (TPSA) is 45.2 Å². The number of rotatable bonds is 3. The molecule has 0 saturated carbocycles. The Balaban J connectivity index is 2.32. The molecule has 1 aromatic carbocycles. The van der Waals surface area contributed by atoms with Gasteiger partial charge in [-0.25, -0.2) is 0 Å². The highest BCUT2D eigenvalue weighted by Crippen LogP contribution is 2.38. The third-order valence-corrected chi connectivity index (χ3v) is 4.24. The van der Waals surface area contributed by atoms with Gasteiger partial charge in [0, 0.05) is 0 Å². The van der Waals surface area contributed by atoms with Crippen molar-refractivity contribution >= 4 is 45.4 Å². The summed E-state index contributed by atoms with van der Waals surface area (Å²) in [5, 5.41) is 14.4. The number of nitrogens with zero attached hydrogens (tertiary/aromatic N) is 1. The minimum absolute atomic E-state index is 0.0562. The van der Waals surface area contributed by atoms with Gasteiger partial charge in [0.25, 0.3) is 0 Å². The minimum Gasteiger partial charge on any atom is -0.492 e. The summed E-state index contributed by atoms with van der Waals surface area (Å²) in [7, 11) is 0. The van der Waals surface area contributed by atoms with Gasteiger partial charge < -0.3 is 10.4 Å². The SMILES string of the molecule is CC(C)c1sc(Nc2c(Cl)cccc2Cl)nc1O. The molecule has 0 atom stereocenters. The molecule has 0 aliphatic heterocycles. The molecule has 0 saturated heterocycles. The molecule has 2 N–H and O–H groups in total. The normalized spacial score (nSPS) is 10.9. The van der Waals surface area contributed by atoms with Crippen LogP contribution in [0.5, 0.6) is 5.88 Å². The van der Waals surface area contributed by atoms with Gasteiger partial charge in [-0.3, -0.25) is 0 Å². The molecule has 3 nitrogen and oxygen atoms in total. The fourth-order valence-corrected chi connectivity index (χ4v) is 2.84. The number of benzene rings is 1. The van der Waals surface area contributed by atoms with Crippen molar-refractivity contribution in [3.63, 3.8) is 0 Å². The molecule has 0 aliphatic carbocycles. The van der Waals surface area contributed by atoms with E-state index >= 15 is 0 Å². The zero-order valence-electron chi connectivity index (χ0n) is 9.87. The molecule has 0 amide bonds. The first kappa shape index (κ1) is 13.5. The number of para-hydroxylation sites is 1. The third-order valence-electron chi connectivity index (χ3n) is 2.35. The summed E-state index contributed by atoms with van der Waals surface area (Å²) in [6.45, 7) is 4.00. The molecule has 6 heteroatoms. The quantitative estimate of drug-likeness (QED) is 0.836. The average Bonchev–Trinajstić information content (AvgIpc) is 2.65. The van der Waals surface area contributed by atoms with Crippen molar-refractivity contribution in [2.45, 2.75) is 19.8 Å². The second-order valence-electron chi connectivity index (χ2n) is 4.08. The molecule has 1 aromatic heterocycles. The number of hydrogen-bond donors (Lipinski definition) is 2. The highest BCUT2D eigenvalue weighted by molar-refractivity contribution is 7.16. The smallest absolute Gasteiger partial charge is 0.227 e. The fourth-order valence-electron chi connectivity index (χ4n) is 1.48. The maximum absolute atomic E-state index is 9.71. The second kappa shape index (κ2) is 5.34. The van der Waals surface area contributed by atoms with Crippen LogP contribution in [-0.2, 0) is 0 Å². The van der Waals surface area contributed by atoms with Crippen LogP contribution in [0.3, 0.4) is 0 Å². The highest BCUT2D eigenvalue weighted by Gasteiger charge is 2.15. The Morgan fingerprint density at radius 1 is 1.28 bits per heavy atom. The van der Waals surface area contributed by atoms with Crippen LogP contribution < -0.4 is 5.32 Å². The number of nitrogens with one attached hydrogen (secondary N) is 1. The lowest BCUT2D eigenvalue weighted by Crippen LogP contribution is -1.91. The maximum Gasteiger partial charge on any atom is 0.227 e. The van der Waals surface area contributed by atoms with E-state index in [0.29, 0.717) is 20.9 Å². The Hall–Kier alpha value is -0.970. The number of hydrogen-bond acceptors (Lipinski definition) is 4. The molecule has 0 fully saturated rings. The van der Waals surface area contributed by atoms with Crippen molar-refractivity contribution in [1.29, 1.82) is 0 Å². The number of anilines is 2. The van der Waals surface area contributed by atoms with Gasteiger partial charge in [0.2, 0.25) is 5.88 Å². The van der Waals surface area contributed by atoms with Gasteiger partial charge in [0.15, 0.2) is 5.13 Å². The van der Waals surface area contributed by atoms with Crippen molar-refractivity contribution in [3.05, 3.63) is 33.1 Å². The molecule has 96 valence electrons. The first-order valence-electron chi connectivity index (χ1n) is 5.39. The van der Waals surface area contributed by atoms with E-state index < -0.39 is 0 Å². The van der Waals surface area contributed by atoms with Crippen molar-refractivity contribution in [2.75, 3.05) is 5.32 Å². The van der Waals surface area contributed by atoms with Crippen LogP contribution in [0.1, 0.15) is 24.6 Å². The molecule has 1 heterocycles. The number of thiazole rings is 1. The monoisotopic (exact) mass is 302 g/mol. The van der Waals surface area contributed by atoms with Crippen LogP contribution in [0.25, 0.3) is 0 Å². The van der Waals surface area contributed by atoms with Gasteiger partial charge in [0.1, 0.15) is 0 Å². The molecule has 0 spiro atoms. The molecular weight excluding hydrogens is 291 g/mol. The zero-order chi connectivity index (χ0) is 13.3. The van der Waals surface area contributed by atoms with Gasteiger partial charge >= 0.3 is 0 Å². The Bertz CT molecular complexity index is 549. The van der Waals surface area contributed by atoms with Crippen LogP contribution in [0.2, 0.25) is 10.0 Å². The maximum atomic E-state index is 9.71. The predicted molar refractivity (Wildman–Crippen MR) is 77.6 cm³/mol. The lowest BCUT2D eigenvalue weighted by atomic mass is 10.2. The van der Waals surface area contributed by atoms with E-state index in [2.05, 4.69) is 10.3 Å². The Kier molecular flexibility index (Phi) is 4.00. The van der Waals surface area contributed by atoms with Crippen LogP contribution >= 0.6 is 34.5 Å². The van der Waals surface area contributed by atoms with Gasteiger partial charge in [-0.05, 0) is 18.1 Å². The minimum atomic E-state index is 0.0562. The molecule has 0 unspecified atom stereocenters. The van der Waals surface area contributed by atoms with Gasteiger partial charge in [-0.2, -0.15) is 4.98 Å². The Morgan fingerprint density at radius 2 is 1.89 bits per heavy atom. The van der Waals surface area contributed by atoms with E-state index in [-0.39, 0.29) is 11.8 Å². The summed E-state index contributed by atoms with van der Waals surface area (Å²) in [5.41, 5.74) is 0.602. The van der Waals surface area contributed by atoms with Gasteiger partial charge in [-0.1, -0.05) is 54.5 Å². The zero-order valence-corrected chi connectivity index (χ0v) is 12.2. The predicted octanol–water partition coefficient (Wildman–Crippen LogP) is 5.02. The third kappa shape index (κ3) is 2.71. The molecular formula is C12H12Cl2N2OS. The molecule has 0 radical (unpaired) electrons. The second-order valence-corrected chi connectivity index (χ2v) is 5.93. The fraction of sp³-hybridized carbons (Fsp3) is 0.250. The van der Waals surface area contributed by atoms with E-state index in [1.807, 2.05) is 13.8 Å². The van der Waals surface area contributed by atoms with E-state index in [0.717, 1.165) is 4.88 Å². The Morgan fingerprint density at radius 3 is 2.39 bits per heavy atom. The molecule has 2 aromatic rings. The average molecular weight is 303 g/mol. The number of halogens is 2. The van der Waals surface area contributed by atoms with E-state index in [9.17, 15) is 5.11 Å². The molecule has 0 bridgehead atoms. The van der Waals surface area contributed by atoms with Gasteiger partial charge in [-0.15, -0.1) is 0 Å². The molecule has 0 aliphatic rings. The first-order valence-corrected chi connectivity index (χ1v) is 6.97. The summed E-state index contributed by atoms with van der Waals surface area (Å²) in [6, 6.07) is 5.26. The van der Waals surface area contributed by atoms with Crippen LogP contribution in [-0.4, -0.2) is 10.1 Å². The standard InChI is InChI=1S/C12H12Cl2N2OS/c1-6(2)10-11(17)16-12(18-10)15-9-7(13)4-3-5-8(9)14/h3-6,17H,1-2H3,(H,15,16). The summed E-state index contributed by atoms with van der Waals surface area (Å²) >= 11 is 13.5. The van der Waals surface area contributed by atoms with Crippen molar-refractivity contribution in [2.24, 2.45) is 0 Å². The summed E-state index contributed by atoms with van der Waals surface area (Å²) in [6.07, 6.45) is 0. The van der Waals surface area contributed by atoms with Crippen LogP contribution in [0.15, 0.2) is 18.2 Å². The van der Waals surface area contributed by atoms with E-state index in [4.69, 9.17) is 23.2 Å². The summed E-state index contributed by atoms with van der Waals surface area (Å²) in [4.78, 5) is 4.89. The molecule has 2 rings (SSSR count). The van der Waals surface area contributed by atoms with Crippen molar-refractivity contribution in [1.82, 2.24) is 4.98 Å². The first-order chi connectivity index (χ1) is 8.49. The van der Waals surface area contributed by atoms with Crippen LogP contribution in [0, 0.1) is 0 Å².